The third-order valence-corrected chi connectivity index (χ3v) is 7.70. The van der Waals surface area contributed by atoms with Gasteiger partial charge in [-0.1, -0.05) is 35.6 Å². The summed E-state index contributed by atoms with van der Waals surface area (Å²) in [4.78, 5) is 16.5. The monoisotopic (exact) mass is 600 g/mol. The zero-order valence-corrected chi connectivity index (χ0v) is 21.7. The first-order valence-corrected chi connectivity index (χ1v) is 15.0. The molecular formula is C18H23BrFIN2O3SSi. The topological polar surface area (TPSA) is 59.9 Å². The molecule has 1 aromatic carbocycles. The first-order chi connectivity index (χ1) is 13.0. The summed E-state index contributed by atoms with van der Waals surface area (Å²) in [5.74, 6) is -0.374. The molecule has 1 aliphatic heterocycles. The van der Waals surface area contributed by atoms with Crippen molar-refractivity contribution in [1.29, 1.82) is 0 Å². The third kappa shape index (κ3) is 7.43. The minimum atomic E-state index is -1.17. The van der Waals surface area contributed by atoms with E-state index in [4.69, 9.17) is 9.47 Å². The lowest BCUT2D eigenvalue weighted by Crippen LogP contribution is -2.31. The molecule has 0 fully saturated rings. The Hall–Kier alpha value is -0.433. The highest BCUT2D eigenvalue weighted by Gasteiger charge is 2.33. The normalized spacial score (nSPS) is 19.7. The molecule has 154 valence electrons. The molecule has 0 aromatic heterocycles. The lowest BCUT2D eigenvalue weighted by Gasteiger charge is -2.27. The molecule has 28 heavy (non-hydrogen) atoms. The van der Waals surface area contributed by atoms with Gasteiger partial charge in [-0.25, -0.2) is 14.2 Å². The van der Waals surface area contributed by atoms with Crippen LogP contribution in [0.15, 0.2) is 36.7 Å². The van der Waals surface area contributed by atoms with Gasteiger partial charge in [0.2, 0.25) is 0 Å². The molecule has 0 saturated heterocycles. The Morgan fingerprint density at radius 1 is 1.43 bits per heavy atom. The van der Waals surface area contributed by atoms with Crippen LogP contribution in [0.1, 0.15) is 12.5 Å². The average Bonchev–Trinajstić information content (AvgIpc) is 2.54. The molecule has 5 nitrogen and oxygen atoms in total. The van der Waals surface area contributed by atoms with Gasteiger partial charge in [0.05, 0.1) is 2.91 Å². The molecule has 0 aliphatic carbocycles. The van der Waals surface area contributed by atoms with Crippen molar-refractivity contribution >= 4 is 69.7 Å². The molecule has 1 aromatic rings. The van der Waals surface area contributed by atoms with Crippen molar-refractivity contribution in [2.75, 3.05) is 13.3 Å². The summed E-state index contributed by atoms with van der Waals surface area (Å²) in [7, 11) is -1.17. The number of ether oxygens (including phenoxy) is 2. The maximum Gasteiger partial charge on any atom is 0.416 e. The van der Waals surface area contributed by atoms with E-state index in [0.717, 1.165) is 13.4 Å². The minimum absolute atomic E-state index is 0.0751. The molecule has 0 spiro atoms. The highest BCUT2D eigenvalue weighted by molar-refractivity contribution is 14.1. The van der Waals surface area contributed by atoms with Crippen LogP contribution in [0.25, 0.3) is 0 Å². The van der Waals surface area contributed by atoms with Gasteiger partial charge in [0, 0.05) is 24.7 Å². The Kier molecular flexibility index (Phi) is 8.56. The Morgan fingerprint density at radius 3 is 2.82 bits per heavy atom. The fourth-order valence-corrected chi connectivity index (χ4v) is 5.42. The highest BCUT2D eigenvalue weighted by Crippen LogP contribution is 2.41. The number of hydrogen-bond donors (Lipinski definition) is 1. The molecule has 1 N–H and O–H groups in total. The lowest BCUT2D eigenvalue weighted by molar-refractivity contribution is 0.120. The number of hydrogen-bond acceptors (Lipinski definition) is 5. The summed E-state index contributed by atoms with van der Waals surface area (Å²) in [6.45, 7) is 9.24. The predicted molar refractivity (Wildman–Crippen MR) is 127 cm³/mol. The van der Waals surface area contributed by atoms with Crippen LogP contribution >= 0.6 is 50.3 Å². The van der Waals surface area contributed by atoms with E-state index in [2.05, 4.69) is 68.5 Å². The van der Waals surface area contributed by atoms with Gasteiger partial charge < -0.3 is 9.47 Å². The molecular weight excluding hydrogens is 578 g/mol. The zero-order chi connectivity index (χ0) is 20.9. The first-order valence-electron chi connectivity index (χ1n) is 8.63. The maximum absolute atomic E-state index is 14.4. The van der Waals surface area contributed by atoms with E-state index >= 15 is 0 Å². The number of alkyl carbamates (subject to hydrolysis) is 1. The quantitative estimate of drug-likeness (QED) is 0.182. The third-order valence-electron chi connectivity index (χ3n) is 3.87. The van der Waals surface area contributed by atoms with Crippen LogP contribution in [0.3, 0.4) is 0 Å². The van der Waals surface area contributed by atoms with Gasteiger partial charge in [-0.3, -0.25) is 5.32 Å². The number of carbonyl (C=O) groups is 1. The number of nitrogens with zero attached hydrogens (tertiary/aromatic N) is 1. The Balaban J connectivity index is 2.00. The number of aliphatic imine (C=N–C) groups is 1. The molecule has 10 heteroatoms. The number of halogens is 3. The van der Waals surface area contributed by atoms with E-state index in [9.17, 15) is 9.18 Å². The van der Waals surface area contributed by atoms with Crippen LogP contribution in [-0.4, -0.2) is 32.7 Å². The molecule has 1 amide bonds. The van der Waals surface area contributed by atoms with Crippen LogP contribution < -0.4 is 5.32 Å². The fourth-order valence-electron chi connectivity index (χ4n) is 2.32. The van der Waals surface area contributed by atoms with Gasteiger partial charge in [0.25, 0.3) is 5.23 Å². The molecule has 0 saturated carbocycles. The molecule has 1 aliphatic rings. The number of amides is 1. The van der Waals surface area contributed by atoms with Crippen molar-refractivity contribution in [2.24, 2.45) is 4.99 Å². The zero-order valence-electron chi connectivity index (χ0n) is 16.1. The van der Waals surface area contributed by atoms with Crippen molar-refractivity contribution in [1.82, 2.24) is 5.32 Å². The number of thioether (sulfide) groups is 1. The second-order valence-corrected chi connectivity index (χ2v) is 17.1. The largest absolute Gasteiger partial charge is 0.416 e. The van der Waals surface area contributed by atoms with Crippen LogP contribution in [-0.2, 0) is 15.0 Å². The van der Waals surface area contributed by atoms with E-state index in [1.807, 2.05) is 6.08 Å². The van der Waals surface area contributed by atoms with Crippen molar-refractivity contribution in [3.8, 4) is 0 Å². The summed E-state index contributed by atoms with van der Waals surface area (Å²) >= 11 is 6.69. The Morgan fingerprint density at radius 2 is 2.14 bits per heavy atom. The van der Waals surface area contributed by atoms with Gasteiger partial charge in [-0.15, -0.1) is 0 Å². The second kappa shape index (κ2) is 10.1. The number of nitrogens with one attached hydrogen (secondary N) is 1. The molecule has 2 rings (SSSR count). The predicted octanol–water partition coefficient (Wildman–Crippen LogP) is 6.22. The van der Waals surface area contributed by atoms with E-state index < -0.39 is 19.7 Å². The smallest absolute Gasteiger partial charge is 0.385 e. The van der Waals surface area contributed by atoms with Gasteiger partial charge in [0.15, 0.2) is 0 Å². The molecule has 1 unspecified atom stereocenters. The van der Waals surface area contributed by atoms with Crippen molar-refractivity contribution in [3.63, 3.8) is 0 Å². The van der Waals surface area contributed by atoms with Gasteiger partial charge in [0.1, 0.15) is 18.1 Å². The molecule has 0 bridgehead atoms. The van der Waals surface area contributed by atoms with Crippen LogP contribution in [0.5, 0.6) is 0 Å². The maximum atomic E-state index is 14.4. The van der Waals surface area contributed by atoms with E-state index in [-0.39, 0.29) is 17.8 Å². The Bertz CT molecular complexity index is 804. The summed E-state index contributed by atoms with van der Waals surface area (Å²) in [6, 6.07) is 5.71. The molecule has 0 radical (unpaired) electrons. The van der Waals surface area contributed by atoms with Crippen molar-refractivity contribution in [2.45, 2.75) is 38.1 Å². The highest BCUT2D eigenvalue weighted by atomic mass is 127. The summed E-state index contributed by atoms with van der Waals surface area (Å²) < 4.78 is 26.7. The average molecular weight is 601 g/mol. The summed E-state index contributed by atoms with van der Waals surface area (Å²) in [6.07, 6.45) is 1.19. The number of benzene rings is 1. The van der Waals surface area contributed by atoms with Gasteiger partial charge >= 0.3 is 6.09 Å². The molecule has 1 heterocycles. The standard InChI is InChI=1S/C18H23BrFIN2O3SSi/c1-18(13-9-12(19)5-6-14(13)20)10-15(21)27-17(23-18)26-16(24)22-11-25-7-8-28(2,3)4/h5-6,9-10H,7-8,11H2,1-4H3,(H,22,24). The molecule has 1 atom stereocenters. The lowest BCUT2D eigenvalue weighted by atomic mass is 9.92. The fraction of sp³-hybridized carbons (Fsp3) is 0.444. The van der Waals surface area contributed by atoms with Crippen LogP contribution in [0, 0.1) is 5.82 Å². The summed E-state index contributed by atoms with van der Waals surface area (Å²) in [5.41, 5.74) is -0.577. The van der Waals surface area contributed by atoms with E-state index in [1.54, 1.807) is 19.1 Å². The second-order valence-electron chi connectivity index (χ2n) is 7.63. The Labute approximate surface area is 192 Å². The number of rotatable bonds is 6. The van der Waals surface area contributed by atoms with Gasteiger partial charge in [-0.05, 0) is 71.6 Å². The van der Waals surface area contributed by atoms with Crippen LogP contribution in [0.2, 0.25) is 25.7 Å². The minimum Gasteiger partial charge on any atom is -0.385 e. The SMILES string of the molecule is CC1(c2cc(Br)ccc2F)C=C(I)SC(OC(=O)NCOCC[Si](C)(C)C)=N1. The first kappa shape index (κ1) is 23.8. The van der Waals surface area contributed by atoms with E-state index in [0.29, 0.717) is 12.2 Å². The van der Waals surface area contributed by atoms with Crippen molar-refractivity contribution < 1.29 is 18.7 Å². The number of carbonyl (C=O) groups excluding carboxylic acids is 1. The van der Waals surface area contributed by atoms with Crippen molar-refractivity contribution in [3.05, 3.63) is 43.0 Å². The summed E-state index contributed by atoms with van der Waals surface area (Å²) in [5, 5.41) is 2.71. The van der Waals surface area contributed by atoms with Crippen LogP contribution in [0.4, 0.5) is 9.18 Å². The van der Waals surface area contributed by atoms with E-state index in [1.165, 1.54) is 17.8 Å². The van der Waals surface area contributed by atoms with Gasteiger partial charge in [-0.2, -0.15) is 0 Å².